The van der Waals surface area contributed by atoms with Gasteiger partial charge in [-0.1, -0.05) is 18.2 Å². The van der Waals surface area contributed by atoms with E-state index in [9.17, 15) is 9.59 Å². The van der Waals surface area contributed by atoms with Gasteiger partial charge in [-0.05, 0) is 19.1 Å². The SMILES string of the molecule is CCOC(=O)NC(=O)c1ccccc1. The van der Waals surface area contributed by atoms with E-state index in [2.05, 4.69) is 10.1 Å². The lowest BCUT2D eigenvalue weighted by Gasteiger charge is -2.03. The summed E-state index contributed by atoms with van der Waals surface area (Å²) in [6.07, 6.45) is -0.721. The summed E-state index contributed by atoms with van der Waals surface area (Å²) in [5.74, 6) is -0.455. The molecular weight excluding hydrogens is 182 g/mol. The number of imide groups is 1. The monoisotopic (exact) mass is 193 g/mol. The minimum atomic E-state index is -0.721. The Labute approximate surface area is 81.9 Å². The summed E-state index contributed by atoms with van der Waals surface area (Å²) in [6, 6.07) is 8.48. The zero-order chi connectivity index (χ0) is 10.4. The van der Waals surface area contributed by atoms with E-state index in [4.69, 9.17) is 0 Å². The molecule has 0 saturated heterocycles. The second-order valence-corrected chi connectivity index (χ2v) is 2.54. The second-order valence-electron chi connectivity index (χ2n) is 2.54. The number of hydrogen-bond donors (Lipinski definition) is 1. The third kappa shape index (κ3) is 2.90. The number of hydrogen-bond acceptors (Lipinski definition) is 3. The molecule has 14 heavy (non-hydrogen) atoms. The maximum Gasteiger partial charge on any atom is 0.414 e. The molecule has 0 aliphatic heterocycles. The Morgan fingerprint density at radius 1 is 1.29 bits per heavy atom. The van der Waals surface area contributed by atoms with Crippen molar-refractivity contribution in [3.63, 3.8) is 0 Å². The first-order chi connectivity index (χ1) is 6.74. The molecule has 0 bridgehead atoms. The fourth-order valence-corrected chi connectivity index (χ4v) is 0.922. The molecule has 2 amide bonds. The van der Waals surface area contributed by atoms with Crippen molar-refractivity contribution in [1.29, 1.82) is 0 Å². The van der Waals surface area contributed by atoms with Gasteiger partial charge in [0.15, 0.2) is 0 Å². The van der Waals surface area contributed by atoms with E-state index in [0.717, 1.165) is 0 Å². The van der Waals surface area contributed by atoms with Gasteiger partial charge in [-0.3, -0.25) is 10.1 Å². The highest BCUT2D eigenvalue weighted by Gasteiger charge is 2.09. The van der Waals surface area contributed by atoms with Crippen LogP contribution in [0.15, 0.2) is 30.3 Å². The van der Waals surface area contributed by atoms with Crippen LogP contribution in [0.4, 0.5) is 4.79 Å². The number of ether oxygens (including phenoxy) is 1. The van der Waals surface area contributed by atoms with Crippen molar-refractivity contribution in [3.05, 3.63) is 35.9 Å². The van der Waals surface area contributed by atoms with Gasteiger partial charge >= 0.3 is 6.09 Å². The van der Waals surface area contributed by atoms with Crippen LogP contribution in [0.1, 0.15) is 17.3 Å². The van der Waals surface area contributed by atoms with Crippen LogP contribution in [0.25, 0.3) is 0 Å². The molecule has 4 nitrogen and oxygen atoms in total. The summed E-state index contributed by atoms with van der Waals surface area (Å²) in [5.41, 5.74) is 0.431. The van der Waals surface area contributed by atoms with E-state index >= 15 is 0 Å². The molecule has 1 rings (SSSR count). The molecule has 1 aromatic carbocycles. The van der Waals surface area contributed by atoms with Crippen LogP contribution in [0.3, 0.4) is 0 Å². The summed E-state index contributed by atoms with van der Waals surface area (Å²) in [4.78, 5) is 22.2. The zero-order valence-electron chi connectivity index (χ0n) is 7.82. The third-order valence-electron chi connectivity index (χ3n) is 1.53. The predicted molar refractivity (Wildman–Crippen MR) is 50.9 cm³/mol. The van der Waals surface area contributed by atoms with E-state index < -0.39 is 12.0 Å². The van der Waals surface area contributed by atoms with Crippen molar-refractivity contribution in [2.45, 2.75) is 6.92 Å². The highest BCUT2D eigenvalue weighted by molar-refractivity contribution is 6.02. The molecular formula is C10H11NO3. The standard InChI is InChI=1S/C10H11NO3/c1-2-14-10(13)11-9(12)8-6-4-3-5-7-8/h3-7H,2H2,1H3,(H,11,12,13). The Morgan fingerprint density at radius 3 is 2.50 bits per heavy atom. The second kappa shape index (κ2) is 5.01. The number of benzene rings is 1. The van der Waals surface area contributed by atoms with Crippen LogP contribution >= 0.6 is 0 Å². The van der Waals surface area contributed by atoms with Crippen molar-refractivity contribution >= 4 is 12.0 Å². The van der Waals surface area contributed by atoms with E-state index in [1.54, 1.807) is 37.3 Å². The van der Waals surface area contributed by atoms with Gasteiger partial charge in [0.1, 0.15) is 0 Å². The van der Waals surface area contributed by atoms with Crippen molar-refractivity contribution in [1.82, 2.24) is 5.32 Å². The van der Waals surface area contributed by atoms with E-state index in [0.29, 0.717) is 5.56 Å². The number of alkyl carbamates (subject to hydrolysis) is 1. The summed E-state index contributed by atoms with van der Waals surface area (Å²) < 4.78 is 4.56. The molecule has 0 aliphatic carbocycles. The van der Waals surface area contributed by atoms with Gasteiger partial charge in [0.25, 0.3) is 5.91 Å². The van der Waals surface area contributed by atoms with Crippen molar-refractivity contribution < 1.29 is 14.3 Å². The van der Waals surface area contributed by atoms with Crippen LogP contribution < -0.4 is 5.32 Å². The Bertz CT molecular complexity index is 321. The first kappa shape index (κ1) is 10.2. The van der Waals surface area contributed by atoms with Gasteiger partial charge < -0.3 is 4.74 Å². The predicted octanol–water partition coefficient (Wildman–Crippen LogP) is 1.57. The Kier molecular flexibility index (Phi) is 3.67. The summed E-state index contributed by atoms with van der Waals surface area (Å²) in [7, 11) is 0. The van der Waals surface area contributed by atoms with Crippen LogP contribution in [-0.2, 0) is 4.74 Å². The molecule has 0 aromatic heterocycles. The Morgan fingerprint density at radius 2 is 1.93 bits per heavy atom. The Balaban J connectivity index is 2.55. The molecule has 0 saturated carbocycles. The summed E-state index contributed by atoms with van der Waals surface area (Å²) >= 11 is 0. The fraction of sp³-hybridized carbons (Fsp3) is 0.200. The molecule has 0 aliphatic rings. The first-order valence-electron chi connectivity index (χ1n) is 4.27. The fourth-order valence-electron chi connectivity index (χ4n) is 0.922. The number of carbonyl (C=O) groups is 2. The van der Waals surface area contributed by atoms with Gasteiger partial charge in [-0.25, -0.2) is 4.79 Å². The van der Waals surface area contributed by atoms with E-state index in [1.165, 1.54) is 0 Å². The average molecular weight is 193 g/mol. The molecule has 1 aromatic rings. The number of carbonyl (C=O) groups excluding carboxylic acids is 2. The number of rotatable bonds is 2. The summed E-state index contributed by atoms with van der Waals surface area (Å²) in [5, 5.41) is 2.10. The van der Waals surface area contributed by atoms with Gasteiger partial charge in [0.2, 0.25) is 0 Å². The minimum Gasteiger partial charge on any atom is -0.450 e. The lowest BCUT2D eigenvalue weighted by Crippen LogP contribution is -2.30. The Hall–Kier alpha value is -1.84. The largest absolute Gasteiger partial charge is 0.450 e. The smallest absolute Gasteiger partial charge is 0.414 e. The normalized spacial score (nSPS) is 9.21. The summed E-state index contributed by atoms with van der Waals surface area (Å²) in [6.45, 7) is 1.92. The lowest BCUT2D eigenvalue weighted by atomic mass is 10.2. The molecule has 0 atom stereocenters. The van der Waals surface area contributed by atoms with Gasteiger partial charge in [0, 0.05) is 5.56 Å². The van der Waals surface area contributed by atoms with Gasteiger partial charge in [-0.2, -0.15) is 0 Å². The van der Waals surface area contributed by atoms with E-state index in [1.807, 2.05) is 0 Å². The van der Waals surface area contributed by atoms with Crippen LogP contribution in [0, 0.1) is 0 Å². The molecule has 1 N–H and O–H groups in total. The third-order valence-corrected chi connectivity index (χ3v) is 1.53. The van der Waals surface area contributed by atoms with Crippen LogP contribution in [0.5, 0.6) is 0 Å². The molecule has 0 heterocycles. The zero-order valence-corrected chi connectivity index (χ0v) is 7.82. The van der Waals surface area contributed by atoms with Crippen molar-refractivity contribution in [2.75, 3.05) is 6.61 Å². The minimum absolute atomic E-state index is 0.244. The maximum atomic E-state index is 11.3. The number of nitrogens with one attached hydrogen (secondary N) is 1. The molecule has 0 unspecified atom stereocenters. The van der Waals surface area contributed by atoms with Gasteiger partial charge in [0.05, 0.1) is 6.61 Å². The van der Waals surface area contributed by atoms with Crippen LogP contribution in [0.2, 0.25) is 0 Å². The first-order valence-corrected chi connectivity index (χ1v) is 4.27. The average Bonchev–Trinajstić information content (AvgIpc) is 2.19. The van der Waals surface area contributed by atoms with Crippen molar-refractivity contribution in [3.8, 4) is 0 Å². The highest BCUT2D eigenvalue weighted by Crippen LogP contribution is 1.97. The van der Waals surface area contributed by atoms with Crippen LogP contribution in [-0.4, -0.2) is 18.6 Å². The highest BCUT2D eigenvalue weighted by atomic mass is 16.5. The maximum absolute atomic E-state index is 11.3. The molecule has 0 fully saturated rings. The molecule has 74 valence electrons. The lowest BCUT2D eigenvalue weighted by molar-refractivity contribution is 0.0925. The van der Waals surface area contributed by atoms with Crippen molar-refractivity contribution in [2.24, 2.45) is 0 Å². The molecule has 0 radical (unpaired) electrons. The molecule has 0 spiro atoms. The molecule has 4 heteroatoms. The number of amides is 2. The van der Waals surface area contributed by atoms with Gasteiger partial charge in [-0.15, -0.1) is 0 Å². The quantitative estimate of drug-likeness (QED) is 0.775. The topological polar surface area (TPSA) is 55.4 Å². The van der Waals surface area contributed by atoms with E-state index in [-0.39, 0.29) is 6.61 Å².